The molecule has 0 bridgehead atoms. The number of amides is 1. The molecule has 0 aliphatic carbocycles. The number of benzene rings is 1. The van der Waals surface area contributed by atoms with Crippen LogP contribution in [-0.4, -0.2) is 42.9 Å². The van der Waals surface area contributed by atoms with E-state index in [-0.39, 0.29) is 6.61 Å². The molecule has 0 saturated carbocycles. The molecule has 1 unspecified atom stereocenters. The normalized spacial score (nSPS) is 11.1. The predicted octanol–water partition coefficient (Wildman–Crippen LogP) is 1.10. The number of nitrogens with one attached hydrogen (secondary N) is 1. The number of halogens is 1. The average Bonchev–Trinajstić information content (AvgIpc) is 2.49. The van der Waals surface area contributed by atoms with E-state index in [1.807, 2.05) is 0 Å². The van der Waals surface area contributed by atoms with E-state index in [9.17, 15) is 14.4 Å². The number of likely N-dealkylation sites (N-methyl/N-ethyl adjacent to an activating group) is 1. The SMILES string of the molecule is CCOC(=O)C(C=O)N(C)NC(=O)c1ccc(C#CBr)cc1. The van der Waals surface area contributed by atoms with Crippen LogP contribution in [-0.2, 0) is 14.3 Å². The molecular weight excluding hydrogens is 352 g/mol. The number of aldehydes is 1. The molecule has 0 saturated heterocycles. The van der Waals surface area contributed by atoms with Crippen LogP contribution < -0.4 is 5.43 Å². The van der Waals surface area contributed by atoms with Gasteiger partial charge in [0.15, 0.2) is 6.04 Å². The smallest absolute Gasteiger partial charge is 0.332 e. The van der Waals surface area contributed by atoms with Gasteiger partial charge in [0.05, 0.1) is 6.61 Å². The van der Waals surface area contributed by atoms with Crippen molar-refractivity contribution in [1.82, 2.24) is 10.4 Å². The lowest BCUT2D eigenvalue weighted by Gasteiger charge is -2.22. The van der Waals surface area contributed by atoms with Gasteiger partial charge in [-0.2, -0.15) is 0 Å². The van der Waals surface area contributed by atoms with Gasteiger partial charge in [-0.05, 0) is 36.0 Å². The first-order chi connectivity index (χ1) is 10.5. The number of hydrazine groups is 1. The van der Waals surface area contributed by atoms with E-state index in [1.165, 1.54) is 7.05 Å². The lowest BCUT2D eigenvalue weighted by molar-refractivity contribution is -0.151. The van der Waals surface area contributed by atoms with Crippen LogP contribution in [0.2, 0.25) is 0 Å². The van der Waals surface area contributed by atoms with E-state index in [0.29, 0.717) is 11.8 Å². The predicted molar refractivity (Wildman–Crippen MR) is 84.0 cm³/mol. The lowest BCUT2D eigenvalue weighted by Crippen LogP contribution is -2.50. The molecule has 0 heterocycles. The highest BCUT2D eigenvalue weighted by Crippen LogP contribution is 2.04. The van der Waals surface area contributed by atoms with Crippen LogP contribution in [0.3, 0.4) is 0 Å². The Morgan fingerprint density at radius 2 is 2.05 bits per heavy atom. The van der Waals surface area contributed by atoms with Crippen molar-refractivity contribution in [3.8, 4) is 10.8 Å². The molecule has 1 amide bonds. The van der Waals surface area contributed by atoms with Crippen LogP contribution in [0, 0.1) is 10.8 Å². The van der Waals surface area contributed by atoms with Gasteiger partial charge in [-0.15, -0.1) is 0 Å². The Morgan fingerprint density at radius 1 is 1.41 bits per heavy atom. The molecule has 1 rings (SSSR count). The summed E-state index contributed by atoms with van der Waals surface area (Å²) in [6.07, 6.45) is 0.410. The standard InChI is InChI=1S/C15H15BrN2O4/c1-3-22-15(21)13(10-19)18(2)17-14(20)12-6-4-11(5-7-12)8-9-16/h4-7,10,13H,3H2,1-2H3,(H,17,20). The van der Waals surface area contributed by atoms with Gasteiger partial charge < -0.3 is 9.53 Å². The summed E-state index contributed by atoms with van der Waals surface area (Å²) in [5.74, 6) is 1.62. The average molecular weight is 367 g/mol. The third kappa shape index (κ3) is 4.98. The Morgan fingerprint density at radius 3 is 2.55 bits per heavy atom. The molecule has 1 atom stereocenters. The van der Waals surface area contributed by atoms with E-state index >= 15 is 0 Å². The zero-order chi connectivity index (χ0) is 16.5. The van der Waals surface area contributed by atoms with E-state index in [1.54, 1.807) is 31.2 Å². The molecule has 0 aromatic heterocycles. The monoisotopic (exact) mass is 366 g/mol. The molecule has 1 aromatic carbocycles. The van der Waals surface area contributed by atoms with Gasteiger partial charge >= 0.3 is 5.97 Å². The summed E-state index contributed by atoms with van der Waals surface area (Å²) in [4.78, 5) is 37.2. The van der Waals surface area contributed by atoms with Crippen LogP contribution in [0.4, 0.5) is 0 Å². The van der Waals surface area contributed by atoms with Crippen molar-refractivity contribution in [1.29, 1.82) is 0 Å². The van der Waals surface area contributed by atoms with Crippen LogP contribution in [0.15, 0.2) is 24.3 Å². The molecule has 1 N–H and O–H groups in total. The highest BCUT2D eigenvalue weighted by molar-refractivity contribution is 9.12. The second-order valence-corrected chi connectivity index (χ2v) is 4.58. The van der Waals surface area contributed by atoms with E-state index in [2.05, 4.69) is 32.1 Å². The number of carbonyl (C=O) groups is 3. The van der Waals surface area contributed by atoms with Crippen molar-refractivity contribution >= 4 is 34.1 Å². The number of ether oxygens (including phenoxy) is 1. The largest absolute Gasteiger partial charge is 0.464 e. The fourth-order valence-electron chi connectivity index (χ4n) is 1.59. The van der Waals surface area contributed by atoms with Crippen molar-refractivity contribution < 1.29 is 19.1 Å². The van der Waals surface area contributed by atoms with Gasteiger partial charge in [-0.1, -0.05) is 5.92 Å². The summed E-state index contributed by atoms with van der Waals surface area (Å²) in [5.41, 5.74) is 3.58. The Balaban J connectivity index is 2.75. The molecule has 0 aliphatic heterocycles. The van der Waals surface area contributed by atoms with Crippen molar-refractivity contribution in [2.24, 2.45) is 0 Å². The first-order valence-corrected chi connectivity index (χ1v) is 7.20. The summed E-state index contributed by atoms with van der Waals surface area (Å²) in [6.45, 7) is 1.79. The summed E-state index contributed by atoms with van der Waals surface area (Å²) in [5, 5.41) is 1.11. The van der Waals surface area contributed by atoms with Crippen LogP contribution in [0.5, 0.6) is 0 Å². The van der Waals surface area contributed by atoms with Crippen LogP contribution in [0.1, 0.15) is 22.8 Å². The van der Waals surface area contributed by atoms with Crippen LogP contribution >= 0.6 is 15.9 Å². The summed E-state index contributed by atoms with van der Waals surface area (Å²) < 4.78 is 4.76. The lowest BCUT2D eigenvalue weighted by atomic mass is 10.1. The molecule has 0 radical (unpaired) electrons. The number of esters is 1. The molecule has 6 nitrogen and oxygen atoms in total. The summed E-state index contributed by atoms with van der Waals surface area (Å²) in [7, 11) is 1.42. The minimum atomic E-state index is -1.19. The summed E-state index contributed by atoms with van der Waals surface area (Å²) >= 11 is 2.99. The molecular formula is C15H15BrN2O4. The second-order valence-electron chi connectivity index (χ2n) is 4.18. The second kappa shape index (κ2) is 8.97. The van der Waals surface area contributed by atoms with Gasteiger partial charge in [0.2, 0.25) is 0 Å². The fraction of sp³-hybridized carbons (Fsp3) is 0.267. The maximum Gasteiger partial charge on any atom is 0.332 e. The Hall–Kier alpha value is -2.17. The Labute approximate surface area is 136 Å². The molecule has 7 heteroatoms. The van der Waals surface area contributed by atoms with Gasteiger partial charge in [-0.25, -0.2) is 9.80 Å². The Kier molecular flexibility index (Phi) is 7.29. The third-order valence-corrected chi connectivity index (χ3v) is 2.89. The van der Waals surface area contributed by atoms with Crippen molar-refractivity contribution in [3.05, 3.63) is 35.4 Å². The van der Waals surface area contributed by atoms with Crippen molar-refractivity contribution in [2.45, 2.75) is 13.0 Å². The minimum Gasteiger partial charge on any atom is -0.464 e. The maximum atomic E-state index is 12.1. The van der Waals surface area contributed by atoms with Crippen LogP contribution in [0.25, 0.3) is 0 Å². The molecule has 22 heavy (non-hydrogen) atoms. The number of carbonyl (C=O) groups excluding carboxylic acids is 3. The first-order valence-electron chi connectivity index (χ1n) is 6.41. The number of hydrogen-bond donors (Lipinski definition) is 1. The van der Waals surface area contributed by atoms with Crippen molar-refractivity contribution in [2.75, 3.05) is 13.7 Å². The third-order valence-electron chi connectivity index (χ3n) is 2.69. The highest BCUT2D eigenvalue weighted by atomic mass is 79.9. The fourth-order valence-corrected chi connectivity index (χ4v) is 1.82. The van der Waals surface area contributed by atoms with Gasteiger partial charge in [0, 0.05) is 34.1 Å². The summed E-state index contributed by atoms with van der Waals surface area (Å²) in [6, 6.07) is 5.37. The number of rotatable bonds is 6. The topological polar surface area (TPSA) is 75.7 Å². The molecule has 116 valence electrons. The van der Waals surface area contributed by atoms with Gasteiger partial charge in [0.25, 0.3) is 5.91 Å². The zero-order valence-electron chi connectivity index (χ0n) is 12.1. The van der Waals surface area contributed by atoms with Crippen molar-refractivity contribution in [3.63, 3.8) is 0 Å². The van der Waals surface area contributed by atoms with Gasteiger partial charge in [-0.3, -0.25) is 10.2 Å². The zero-order valence-corrected chi connectivity index (χ0v) is 13.7. The van der Waals surface area contributed by atoms with Gasteiger partial charge in [0.1, 0.15) is 6.29 Å². The maximum absolute atomic E-state index is 12.1. The number of hydrogen-bond acceptors (Lipinski definition) is 5. The number of nitrogens with zero attached hydrogens (tertiary/aromatic N) is 1. The highest BCUT2D eigenvalue weighted by Gasteiger charge is 2.25. The quantitative estimate of drug-likeness (QED) is 0.268. The molecule has 0 spiro atoms. The minimum absolute atomic E-state index is 0.154. The van der Waals surface area contributed by atoms with E-state index < -0.39 is 17.9 Å². The molecule has 1 aromatic rings. The van der Waals surface area contributed by atoms with E-state index in [0.717, 1.165) is 10.6 Å². The molecule has 0 aliphatic rings. The molecule has 0 fully saturated rings. The van der Waals surface area contributed by atoms with E-state index in [4.69, 9.17) is 4.74 Å². The first kappa shape index (κ1) is 17.9. The Bertz CT molecular complexity index is 604.